The molecule has 1 atom stereocenters. The molecule has 0 saturated heterocycles. The Hall–Kier alpha value is -2.84. The molecule has 7 nitrogen and oxygen atoms in total. The third-order valence-corrected chi connectivity index (χ3v) is 4.27. The van der Waals surface area contributed by atoms with Crippen LogP contribution < -0.4 is 10.6 Å². The molecule has 3 N–H and O–H groups in total. The second kappa shape index (κ2) is 7.82. The van der Waals surface area contributed by atoms with Crippen molar-refractivity contribution in [2.24, 2.45) is 0 Å². The van der Waals surface area contributed by atoms with Crippen molar-refractivity contribution in [3.05, 3.63) is 59.6 Å². The first-order chi connectivity index (χ1) is 12.1. The summed E-state index contributed by atoms with van der Waals surface area (Å²) in [4.78, 5) is 24.4. The fourth-order valence-corrected chi connectivity index (χ4v) is 2.80. The van der Waals surface area contributed by atoms with Crippen LogP contribution in [0.4, 0.5) is 0 Å². The molecule has 0 aliphatic heterocycles. The van der Waals surface area contributed by atoms with Gasteiger partial charge in [-0.2, -0.15) is 0 Å². The zero-order valence-electron chi connectivity index (χ0n) is 13.1. The van der Waals surface area contributed by atoms with Crippen molar-refractivity contribution < 1.29 is 23.5 Å². The third-order valence-electron chi connectivity index (χ3n) is 3.38. The lowest BCUT2D eigenvalue weighted by molar-refractivity contribution is -0.139. The van der Waals surface area contributed by atoms with E-state index in [-0.39, 0.29) is 13.1 Å². The standard InChI is InChI=1S/C17H16N2O5S/c20-12(13-5-6-14(24-13)15-4-2-8-25-15)10-19-17(22)16(21)18-9-11-3-1-7-23-11/h1-8,12,20H,9-10H2,(H,18,21)(H,19,22). The lowest BCUT2D eigenvalue weighted by Gasteiger charge is -2.09. The minimum atomic E-state index is -1.05. The highest BCUT2D eigenvalue weighted by atomic mass is 32.1. The van der Waals surface area contributed by atoms with Crippen LogP contribution in [0.1, 0.15) is 17.6 Å². The highest BCUT2D eigenvalue weighted by Crippen LogP contribution is 2.28. The number of rotatable bonds is 6. The molecule has 0 aliphatic rings. The summed E-state index contributed by atoms with van der Waals surface area (Å²) in [6.45, 7) is -0.0193. The number of aliphatic hydroxyl groups excluding tert-OH is 1. The number of thiophene rings is 1. The number of aliphatic hydroxyl groups is 1. The second-order valence-corrected chi connectivity index (χ2v) is 6.11. The maximum absolute atomic E-state index is 11.7. The van der Waals surface area contributed by atoms with Gasteiger partial charge in [-0.1, -0.05) is 6.07 Å². The first kappa shape index (κ1) is 17.0. The van der Waals surface area contributed by atoms with Crippen molar-refractivity contribution in [1.29, 1.82) is 0 Å². The number of carbonyl (C=O) groups is 2. The minimum Gasteiger partial charge on any atom is -0.467 e. The molecule has 0 bridgehead atoms. The van der Waals surface area contributed by atoms with Crippen molar-refractivity contribution in [3.8, 4) is 10.6 Å². The van der Waals surface area contributed by atoms with Gasteiger partial charge in [0.1, 0.15) is 23.4 Å². The minimum absolute atomic E-state index is 0.115. The highest BCUT2D eigenvalue weighted by molar-refractivity contribution is 7.13. The largest absolute Gasteiger partial charge is 0.467 e. The molecule has 0 saturated carbocycles. The van der Waals surface area contributed by atoms with Crippen molar-refractivity contribution in [2.75, 3.05) is 6.54 Å². The van der Waals surface area contributed by atoms with Crippen LogP contribution in [-0.4, -0.2) is 23.5 Å². The molecule has 1 unspecified atom stereocenters. The van der Waals surface area contributed by atoms with Gasteiger partial charge in [0.15, 0.2) is 0 Å². The van der Waals surface area contributed by atoms with E-state index < -0.39 is 17.9 Å². The zero-order valence-corrected chi connectivity index (χ0v) is 13.9. The number of amides is 2. The summed E-state index contributed by atoms with van der Waals surface area (Å²) in [5.74, 6) is -0.137. The monoisotopic (exact) mass is 360 g/mol. The molecular weight excluding hydrogens is 344 g/mol. The van der Waals surface area contributed by atoms with Crippen LogP contribution >= 0.6 is 11.3 Å². The van der Waals surface area contributed by atoms with E-state index >= 15 is 0 Å². The molecule has 0 aliphatic carbocycles. The zero-order chi connectivity index (χ0) is 17.6. The lowest BCUT2D eigenvalue weighted by Crippen LogP contribution is -2.41. The first-order valence-electron chi connectivity index (χ1n) is 7.53. The van der Waals surface area contributed by atoms with E-state index in [4.69, 9.17) is 8.83 Å². The molecule has 8 heteroatoms. The fourth-order valence-electron chi connectivity index (χ4n) is 2.11. The predicted molar refractivity (Wildman–Crippen MR) is 90.5 cm³/mol. The van der Waals surface area contributed by atoms with Gasteiger partial charge in [0, 0.05) is 0 Å². The summed E-state index contributed by atoms with van der Waals surface area (Å²) >= 11 is 1.52. The summed E-state index contributed by atoms with van der Waals surface area (Å²) in [5, 5.41) is 16.8. The maximum Gasteiger partial charge on any atom is 0.309 e. The molecule has 25 heavy (non-hydrogen) atoms. The van der Waals surface area contributed by atoms with Crippen LogP contribution in [-0.2, 0) is 16.1 Å². The van der Waals surface area contributed by atoms with Gasteiger partial charge in [0.2, 0.25) is 0 Å². The number of hydrogen-bond acceptors (Lipinski definition) is 6. The maximum atomic E-state index is 11.7. The number of carbonyl (C=O) groups excluding carboxylic acids is 2. The quantitative estimate of drug-likeness (QED) is 0.584. The van der Waals surface area contributed by atoms with E-state index in [9.17, 15) is 14.7 Å². The summed E-state index contributed by atoms with van der Waals surface area (Å²) in [6, 6.07) is 10.6. The summed E-state index contributed by atoms with van der Waals surface area (Å²) in [7, 11) is 0. The molecule has 3 heterocycles. The van der Waals surface area contributed by atoms with E-state index in [0.29, 0.717) is 17.3 Å². The van der Waals surface area contributed by atoms with Crippen LogP contribution in [0.5, 0.6) is 0 Å². The molecule has 0 fully saturated rings. The first-order valence-corrected chi connectivity index (χ1v) is 8.41. The summed E-state index contributed by atoms with van der Waals surface area (Å²) in [6.07, 6.45) is 0.432. The normalized spacial score (nSPS) is 11.9. The second-order valence-electron chi connectivity index (χ2n) is 5.17. The van der Waals surface area contributed by atoms with Crippen molar-refractivity contribution in [3.63, 3.8) is 0 Å². The Bertz CT molecular complexity index is 823. The molecule has 130 valence electrons. The third kappa shape index (κ3) is 4.37. The van der Waals surface area contributed by atoms with E-state index in [1.54, 1.807) is 24.3 Å². The van der Waals surface area contributed by atoms with Gasteiger partial charge in [0.05, 0.1) is 24.2 Å². The average Bonchev–Trinajstić information content (AvgIpc) is 3.37. The highest BCUT2D eigenvalue weighted by Gasteiger charge is 2.18. The van der Waals surface area contributed by atoms with Crippen molar-refractivity contribution in [2.45, 2.75) is 12.6 Å². The number of furan rings is 2. The van der Waals surface area contributed by atoms with E-state index in [1.807, 2.05) is 17.5 Å². The van der Waals surface area contributed by atoms with E-state index in [0.717, 1.165) is 4.88 Å². The summed E-state index contributed by atoms with van der Waals surface area (Å²) in [5.41, 5.74) is 0. The van der Waals surface area contributed by atoms with Gasteiger partial charge in [0.25, 0.3) is 0 Å². The van der Waals surface area contributed by atoms with E-state index in [1.165, 1.54) is 17.6 Å². The van der Waals surface area contributed by atoms with Crippen LogP contribution in [0.15, 0.2) is 56.9 Å². The number of nitrogens with one attached hydrogen (secondary N) is 2. The Morgan fingerprint density at radius 1 is 1.12 bits per heavy atom. The topological polar surface area (TPSA) is 105 Å². The molecule has 0 radical (unpaired) electrons. The van der Waals surface area contributed by atoms with Gasteiger partial charge in [-0.25, -0.2) is 0 Å². The van der Waals surface area contributed by atoms with Crippen LogP contribution in [0.2, 0.25) is 0 Å². The SMILES string of the molecule is O=C(NCc1ccco1)C(=O)NCC(O)c1ccc(-c2cccs2)o1. The molecule has 0 aromatic carbocycles. The molecular formula is C17H16N2O5S. The van der Waals surface area contributed by atoms with E-state index in [2.05, 4.69) is 10.6 Å². The fraction of sp³-hybridized carbons (Fsp3) is 0.176. The van der Waals surface area contributed by atoms with Crippen LogP contribution in [0.3, 0.4) is 0 Å². The Labute approximate surface area is 147 Å². The smallest absolute Gasteiger partial charge is 0.309 e. The van der Waals surface area contributed by atoms with Gasteiger partial charge in [-0.05, 0) is 35.7 Å². The average molecular weight is 360 g/mol. The van der Waals surface area contributed by atoms with Gasteiger partial charge in [-0.3, -0.25) is 9.59 Å². The Morgan fingerprint density at radius 3 is 2.68 bits per heavy atom. The lowest BCUT2D eigenvalue weighted by atomic mass is 10.2. The molecule has 2 amide bonds. The Balaban J connectivity index is 1.47. The molecule has 0 spiro atoms. The Kier molecular flexibility index (Phi) is 5.32. The van der Waals surface area contributed by atoms with Crippen LogP contribution in [0, 0.1) is 0 Å². The molecule has 3 rings (SSSR count). The molecule has 3 aromatic rings. The number of hydrogen-bond donors (Lipinski definition) is 3. The summed E-state index contributed by atoms with van der Waals surface area (Å²) < 4.78 is 10.6. The van der Waals surface area contributed by atoms with Gasteiger partial charge < -0.3 is 24.6 Å². The van der Waals surface area contributed by atoms with Gasteiger partial charge >= 0.3 is 11.8 Å². The Morgan fingerprint density at radius 2 is 1.96 bits per heavy atom. The predicted octanol–water partition coefficient (Wildman–Crippen LogP) is 2.07. The van der Waals surface area contributed by atoms with Crippen LogP contribution in [0.25, 0.3) is 10.6 Å². The van der Waals surface area contributed by atoms with Gasteiger partial charge in [-0.15, -0.1) is 11.3 Å². The molecule has 3 aromatic heterocycles. The van der Waals surface area contributed by atoms with Crippen molar-refractivity contribution >= 4 is 23.2 Å². The van der Waals surface area contributed by atoms with Crippen molar-refractivity contribution in [1.82, 2.24) is 10.6 Å².